The molecule has 0 fully saturated rings. The molecule has 0 saturated carbocycles. The van der Waals surface area contributed by atoms with E-state index in [1.54, 1.807) is 36.4 Å². The highest BCUT2D eigenvalue weighted by Gasteiger charge is 2.20. The molecule has 96 valence electrons. The van der Waals surface area contributed by atoms with Crippen LogP contribution in [0.5, 0.6) is 0 Å². The maximum absolute atomic E-state index is 12.1. The average Bonchev–Trinajstić information content (AvgIpc) is 2.37. The zero-order chi connectivity index (χ0) is 14.0. The molecule has 0 spiro atoms. The summed E-state index contributed by atoms with van der Waals surface area (Å²) in [6.45, 7) is 1.86. The normalized spacial score (nSPS) is 10.3. The summed E-state index contributed by atoms with van der Waals surface area (Å²) in [4.78, 5) is 24.2. The lowest BCUT2D eigenvalue weighted by Gasteiger charge is -2.04. The van der Waals surface area contributed by atoms with Gasteiger partial charge in [0.2, 0.25) is 11.6 Å². The van der Waals surface area contributed by atoms with E-state index in [1.807, 2.05) is 6.92 Å². The fourth-order valence-electron chi connectivity index (χ4n) is 1.69. The van der Waals surface area contributed by atoms with Gasteiger partial charge in [-0.15, -0.1) is 0 Å². The Morgan fingerprint density at radius 3 is 2.32 bits per heavy atom. The number of hydrogen-bond acceptors (Lipinski definition) is 2. The molecule has 2 rings (SSSR count). The number of carbonyl (C=O) groups excluding carboxylic acids is 2. The smallest absolute Gasteiger partial charge is 0.235 e. The maximum Gasteiger partial charge on any atom is 0.235 e. The van der Waals surface area contributed by atoms with Crippen molar-refractivity contribution in [3.05, 3.63) is 69.2 Å². The standard InChI is InChI=1S/C15H10Cl2O2/c1-9-5-6-12(13(17)7-9)15(19)14(18)10-3-2-4-11(16)8-10/h2-8H,1H3. The molecule has 0 aliphatic carbocycles. The van der Waals surface area contributed by atoms with Gasteiger partial charge in [-0.3, -0.25) is 9.59 Å². The summed E-state index contributed by atoms with van der Waals surface area (Å²) in [5, 5.41) is 0.689. The Labute approximate surface area is 121 Å². The topological polar surface area (TPSA) is 34.1 Å². The molecule has 4 heteroatoms. The monoisotopic (exact) mass is 292 g/mol. The number of hydrogen-bond donors (Lipinski definition) is 0. The van der Waals surface area contributed by atoms with E-state index >= 15 is 0 Å². The maximum atomic E-state index is 12.1. The van der Waals surface area contributed by atoms with Crippen LogP contribution in [-0.4, -0.2) is 11.6 Å². The predicted molar refractivity (Wildman–Crippen MR) is 76.3 cm³/mol. The highest BCUT2D eigenvalue weighted by Crippen LogP contribution is 2.20. The largest absolute Gasteiger partial charge is 0.285 e. The zero-order valence-electron chi connectivity index (χ0n) is 10.1. The number of carbonyl (C=O) groups is 2. The second-order valence-electron chi connectivity index (χ2n) is 4.15. The number of benzene rings is 2. The van der Waals surface area contributed by atoms with Crippen molar-refractivity contribution in [3.63, 3.8) is 0 Å². The van der Waals surface area contributed by atoms with Crippen LogP contribution in [0, 0.1) is 6.92 Å². The molecular formula is C15H10Cl2O2. The number of halogens is 2. The van der Waals surface area contributed by atoms with E-state index in [9.17, 15) is 9.59 Å². The van der Waals surface area contributed by atoms with Crippen LogP contribution >= 0.6 is 23.2 Å². The first-order valence-electron chi connectivity index (χ1n) is 5.60. The van der Waals surface area contributed by atoms with Crippen LogP contribution in [0.25, 0.3) is 0 Å². The first-order chi connectivity index (χ1) is 8.99. The lowest BCUT2D eigenvalue weighted by molar-refractivity contribution is 0.0817. The number of rotatable bonds is 3. The third-order valence-electron chi connectivity index (χ3n) is 2.66. The van der Waals surface area contributed by atoms with Crippen molar-refractivity contribution in [2.24, 2.45) is 0 Å². The van der Waals surface area contributed by atoms with Gasteiger partial charge in [0.05, 0.1) is 5.02 Å². The Balaban J connectivity index is 2.36. The minimum atomic E-state index is -0.632. The third kappa shape index (κ3) is 3.03. The third-order valence-corrected chi connectivity index (χ3v) is 3.21. The predicted octanol–water partition coefficient (Wildman–Crippen LogP) is 4.37. The number of aryl methyl sites for hydroxylation is 1. The van der Waals surface area contributed by atoms with Gasteiger partial charge in [-0.05, 0) is 36.8 Å². The van der Waals surface area contributed by atoms with E-state index in [0.29, 0.717) is 5.02 Å². The molecule has 0 unspecified atom stereocenters. The van der Waals surface area contributed by atoms with Crippen LogP contribution in [0.4, 0.5) is 0 Å². The van der Waals surface area contributed by atoms with Crippen LogP contribution in [-0.2, 0) is 0 Å². The van der Waals surface area contributed by atoms with Gasteiger partial charge in [0.1, 0.15) is 0 Å². The van der Waals surface area contributed by atoms with Crippen molar-refractivity contribution in [1.29, 1.82) is 0 Å². The fourth-order valence-corrected chi connectivity index (χ4v) is 2.20. The lowest BCUT2D eigenvalue weighted by Crippen LogP contribution is -2.15. The summed E-state index contributed by atoms with van der Waals surface area (Å²) in [6.07, 6.45) is 0. The van der Waals surface area contributed by atoms with E-state index in [0.717, 1.165) is 5.56 Å². The Bertz CT molecular complexity index is 663. The molecule has 0 aliphatic rings. The van der Waals surface area contributed by atoms with E-state index in [4.69, 9.17) is 23.2 Å². The van der Waals surface area contributed by atoms with Crippen LogP contribution in [0.2, 0.25) is 10.0 Å². The minimum Gasteiger partial charge on any atom is -0.285 e. The van der Waals surface area contributed by atoms with E-state index in [2.05, 4.69) is 0 Å². The van der Waals surface area contributed by atoms with E-state index in [-0.39, 0.29) is 16.1 Å². The second-order valence-corrected chi connectivity index (χ2v) is 5.00. The van der Waals surface area contributed by atoms with Crippen molar-refractivity contribution in [2.75, 3.05) is 0 Å². The first kappa shape index (κ1) is 13.8. The van der Waals surface area contributed by atoms with Crippen LogP contribution < -0.4 is 0 Å². The van der Waals surface area contributed by atoms with Gasteiger partial charge < -0.3 is 0 Å². The summed E-state index contributed by atoms with van der Waals surface area (Å²) in [6, 6.07) is 11.2. The Morgan fingerprint density at radius 1 is 0.947 bits per heavy atom. The Kier molecular flexibility index (Phi) is 4.03. The number of Topliss-reactive ketones (excluding diaryl/α,β-unsaturated/α-hetero) is 2. The molecule has 0 aromatic heterocycles. The molecule has 2 nitrogen and oxygen atoms in total. The number of ketones is 2. The van der Waals surface area contributed by atoms with Crippen molar-refractivity contribution in [1.82, 2.24) is 0 Å². The molecule has 0 heterocycles. The van der Waals surface area contributed by atoms with Crippen LogP contribution in [0.3, 0.4) is 0 Å². The summed E-state index contributed by atoms with van der Waals surface area (Å²) in [5.74, 6) is -1.25. The molecule has 19 heavy (non-hydrogen) atoms. The summed E-state index contributed by atoms with van der Waals surface area (Å²) >= 11 is 11.8. The Morgan fingerprint density at radius 2 is 1.68 bits per heavy atom. The van der Waals surface area contributed by atoms with Gasteiger partial charge in [-0.1, -0.05) is 41.4 Å². The quantitative estimate of drug-likeness (QED) is 0.622. The van der Waals surface area contributed by atoms with Crippen molar-refractivity contribution in [2.45, 2.75) is 6.92 Å². The van der Waals surface area contributed by atoms with Crippen molar-refractivity contribution >= 4 is 34.8 Å². The van der Waals surface area contributed by atoms with Crippen molar-refractivity contribution < 1.29 is 9.59 Å². The molecule has 0 aliphatic heterocycles. The molecule has 0 N–H and O–H groups in total. The van der Waals surface area contributed by atoms with Crippen molar-refractivity contribution in [3.8, 4) is 0 Å². The van der Waals surface area contributed by atoms with Crippen LogP contribution in [0.1, 0.15) is 26.3 Å². The molecular weight excluding hydrogens is 283 g/mol. The molecule has 0 amide bonds. The molecule has 0 saturated heterocycles. The lowest BCUT2D eigenvalue weighted by atomic mass is 10.0. The van der Waals surface area contributed by atoms with Gasteiger partial charge >= 0.3 is 0 Å². The van der Waals surface area contributed by atoms with Gasteiger partial charge in [0.15, 0.2) is 0 Å². The molecule has 2 aromatic rings. The van der Waals surface area contributed by atoms with Gasteiger partial charge in [-0.2, -0.15) is 0 Å². The summed E-state index contributed by atoms with van der Waals surface area (Å²) < 4.78 is 0. The summed E-state index contributed by atoms with van der Waals surface area (Å²) in [5.41, 5.74) is 1.39. The first-order valence-corrected chi connectivity index (χ1v) is 6.35. The highest BCUT2D eigenvalue weighted by atomic mass is 35.5. The van der Waals surface area contributed by atoms with Crippen LogP contribution in [0.15, 0.2) is 42.5 Å². The molecule has 0 bridgehead atoms. The molecule has 0 atom stereocenters. The zero-order valence-corrected chi connectivity index (χ0v) is 11.6. The summed E-state index contributed by atoms with van der Waals surface area (Å²) in [7, 11) is 0. The Hall–Kier alpha value is -1.64. The average molecular weight is 293 g/mol. The highest BCUT2D eigenvalue weighted by molar-refractivity contribution is 6.52. The second kappa shape index (κ2) is 5.55. The van der Waals surface area contributed by atoms with E-state index in [1.165, 1.54) is 6.07 Å². The van der Waals surface area contributed by atoms with Gasteiger partial charge in [0, 0.05) is 16.1 Å². The molecule has 2 aromatic carbocycles. The van der Waals surface area contributed by atoms with E-state index < -0.39 is 11.6 Å². The minimum absolute atomic E-state index is 0.206. The van der Waals surface area contributed by atoms with Gasteiger partial charge in [0.25, 0.3) is 0 Å². The SMILES string of the molecule is Cc1ccc(C(=O)C(=O)c2cccc(Cl)c2)c(Cl)c1. The molecule has 0 radical (unpaired) electrons. The fraction of sp³-hybridized carbons (Fsp3) is 0.0667. The van der Waals surface area contributed by atoms with Gasteiger partial charge in [-0.25, -0.2) is 0 Å².